The average Bonchev–Trinajstić information content (AvgIpc) is 2.80. The van der Waals surface area contributed by atoms with Crippen LogP contribution in [0.2, 0.25) is 0 Å². The van der Waals surface area contributed by atoms with E-state index in [0.29, 0.717) is 11.1 Å². The first-order valence-electron chi connectivity index (χ1n) is 13.1. The number of nitrogens with zero attached hydrogens (tertiary/aromatic N) is 1. The Morgan fingerprint density at radius 1 is 1.15 bits per heavy atom. The maximum Gasteiger partial charge on any atom is 0.410 e. The zero-order valence-electron chi connectivity index (χ0n) is 23.7. The van der Waals surface area contributed by atoms with Gasteiger partial charge in [-0.3, -0.25) is 4.90 Å². The molecule has 0 aromatic heterocycles. The number of anilines is 1. The van der Waals surface area contributed by atoms with E-state index in [1.54, 1.807) is 26.8 Å². The summed E-state index contributed by atoms with van der Waals surface area (Å²) in [5, 5.41) is 11.5. The number of aliphatic hydroxyl groups is 1. The topological polar surface area (TPSA) is 110 Å². The van der Waals surface area contributed by atoms with Gasteiger partial charge in [0.05, 0.1) is 29.3 Å². The van der Waals surface area contributed by atoms with Crippen LogP contribution < -0.4 is 5.73 Å². The fraction of sp³-hybridized carbons (Fsp3) is 0.500. The molecule has 7 nitrogen and oxygen atoms in total. The fourth-order valence-corrected chi connectivity index (χ4v) is 6.88. The third kappa shape index (κ3) is 7.82. The van der Waals surface area contributed by atoms with Gasteiger partial charge in [-0.25, -0.2) is 17.6 Å². The zero-order valence-corrected chi connectivity index (χ0v) is 24.5. The van der Waals surface area contributed by atoms with Crippen LogP contribution in [-0.4, -0.2) is 53.8 Å². The molecule has 1 saturated heterocycles. The van der Waals surface area contributed by atoms with Crippen LogP contribution in [0.5, 0.6) is 0 Å². The monoisotopic (exact) mass is 560 g/mol. The van der Waals surface area contributed by atoms with Crippen LogP contribution in [0.3, 0.4) is 0 Å². The Balaban J connectivity index is 2.00. The summed E-state index contributed by atoms with van der Waals surface area (Å²) in [6.07, 6.45) is -0.402. The van der Waals surface area contributed by atoms with E-state index < -0.39 is 51.2 Å². The standard InChI is InChI=1S/C30H41FN2O5S/c1-8-21-12-20(15-24(31)26(21)32)13-22-17-39(36,37)18-25(27(22)34)33(28(35)38-30(5,6)7)16-19-10-9-11-23(14-19)29(2,3)4/h8-12,14-15,22,25,27,34H,1,13,16-18,32H2,2-7H3. The molecule has 0 aliphatic carbocycles. The molecule has 2 aromatic carbocycles. The number of carbonyl (C=O) groups is 1. The number of carbonyl (C=O) groups excluding carboxylic acids is 1. The van der Waals surface area contributed by atoms with Crippen LogP contribution in [0.25, 0.3) is 6.08 Å². The lowest BCUT2D eigenvalue weighted by molar-refractivity contribution is -0.0172. The Morgan fingerprint density at radius 3 is 2.41 bits per heavy atom. The molecule has 3 atom stereocenters. The van der Waals surface area contributed by atoms with Crippen molar-refractivity contribution < 1.29 is 27.4 Å². The molecule has 1 amide bonds. The number of halogens is 1. The van der Waals surface area contributed by atoms with Gasteiger partial charge in [0.25, 0.3) is 0 Å². The molecular formula is C30H41FN2O5S. The minimum atomic E-state index is -3.66. The Morgan fingerprint density at radius 2 is 1.82 bits per heavy atom. The number of rotatable bonds is 6. The van der Waals surface area contributed by atoms with Gasteiger partial charge in [-0.05, 0) is 61.4 Å². The average molecular weight is 561 g/mol. The van der Waals surface area contributed by atoms with Crippen molar-refractivity contribution in [3.63, 3.8) is 0 Å². The fourth-order valence-electron chi connectivity index (χ4n) is 4.88. The van der Waals surface area contributed by atoms with E-state index >= 15 is 0 Å². The summed E-state index contributed by atoms with van der Waals surface area (Å²) < 4.78 is 46.3. The lowest BCUT2D eigenvalue weighted by Gasteiger charge is -2.41. The lowest BCUT2D eigenvalue weighted by atomic mass is 9.86. The highest BCUT2D eigenvalue weighted by molar-refractivity contribution is 7.91. The predicted octanol–water partition coefficient (Wildman–Crippen LogP) is 5.10. The number of hydrogen-bond acceptors (Lipinski definition) is 6. The quantitative estimate of drug-likeness (QED) is 0.476. The van der Waals surface area contributed by atoms with Gasteiger partial charge in [-0.1, -0.05) is 57.7 Å². The molecule has 0 bridgehead atoms. The molecule has 39 heavy (non-hydrogen) atoms. The molecule has 1 aliphatic rings. The summed E-state index contributed by atoms with van der Waals surface area (Å²) in [5.41, 5.74) is 7.49. The highest BCUT2D eigenvalue weighted by Gasteiger charge is 2.44. The number of ether oxygens (including phenoxy) is 1. The van der Waals surface area contributed by atoms with Crippen LogP contribution in [0.15, 0.2) is 43.0 Å². The van der Waals surface area contributed by atoms with Crippen molar-refractivity contribution in [2.75, 3.05) is 17.2 Å². The molecule has 1 heterocycles. The van der Waals surface area contributed by atoms with E-state index in [4.69, 9.17) is 10.5 Å². The lowest BCUT2D eigenvalue weighted by Crippen LogP contribution is -2.58. The molecule has 2 aromatic rings. The van der Waals surface area contributed by atoms with Gasteiger partial charge in [0.1, 0.15) is 11.4 Å². The molecule has 3 unspecified atom stereocenters. The van der Waals surface area contributed by atoms with Crippen LogP contribution in [-0.2, 0) is 33.0 Å². The maximum atomic E-state index is 14.4. The molecule has 0 spiro atoms. The molecule has 1 fully saturated rings. The summed E-state index contributed by atoms with van der Waals surface area (Å²) in [6.45, 7) is 15.1. The van der Waals surface area contributed by atoms with Gasteiger partial charge >= 0.3 is 6.09 Å². The largest absolute Gasteiger partial charge is 0.444 e. The summed E-state index contributed by atoms with van der Waals surface area (Å²) in [7, 11) is -3.66. The van der Waals surface area contributed by atoms with Gasteiger partial charge in [0.15, 0.2) is 9.84 Å². The third-order valence-electron chi connectivity index (χ3n) is 6.88. The number of hydrogen-bond donors (Lipinski definition) is 2. The van der Waals surface area contributed by atoms with Gasteiger partial charge in [0.2, 0.25) is 0 Å². The van der Waals surface area contributed by atoms with Gasteiger partial charge in [-0.15, -0.1) is 0 Å². The molecular weight excluding hydrogens is 519 g/mol. The maximum absolute atomic E-state index is 14.4. The molecule has 214 valence electrons. The van der Waals surface area contributed by atoms with E-state index in [1.807, 2.05) is 24.3 Å². The Labute approximate surface area is 231 Å². The van der Waals surface area contributed by atoms with E-state index in [2.05, 4.69) is 27.4 Å². The molecule has 9 heteroatoms. The molecule has 0 radical (unpaired) electrons. The number of amides is 1. The number of sulfone groups is 1. The second kappa shape index (κ2) is 11.3. The van der Waals surface area contributed by atoms with Crippen LogP contribution in [0.1, 0.15) is 63.8 Å². The van der Waals surface area contributed by atoms with Gasteiger partial charge in [0, 0.05) is 18.0 Å². The summed E-state index contributed by atoms with van der Waals surface area (Å²) in [6, 6.07) is 9.56. The van der Waals surface area contributed by atoms with Crippen molar-refractivity contribution in [3.05, 3.63) is 71.0 Å². The number of aliphatic hydroxyl groups excluding tert-OH is 1. The third-order valence-corrected chi connectivity index (χ3v) is 8.67. The second-order valence-corrected chi connectivity index (χ2v) is 14.6. The molecule has 0 saturated carbocycles. The summed E-state index contributed by atoms with van der Waals surface area (Å²) in [4.78, 5) is 14.8. The minimum Gasteiger partial charge on any atom is -0.444 e. The first-order chi connectivity index (χ1) is 17.9. The molecule has 3 rings (SSSR count). The highest BCUT2D eigenvalue weighted by Crippen LogP contribution is 2.31. The summed E-state index contributed by atoms with van der Waals surface area (Å²) in [5.74, 6) is -2.11. The van der Waals surface area contributed by atoms with Crippen molar-refractivity contribution in [1.82, 2.24) is 4.90 Å². The van der Waals surface area contributed by atoms with Crippen LogP contribution in [0, 0.1) is 11.7 Å². The minimum absolute atomic E-state index is 0.0444. The smallest absolute Gasteiger partial charge is 0.410 e. The van der Waals surface area contributed by atoms with Crippen molar-refractivity contribution in [3.8, 4) is 0 Å². The number of nitrogens with two attached hydrogens (primary N) is 1. The van der Waals surface area contributed by atoms with E-state index in [0.717, 1.165) is 11.1 Å². The van der Waals surface area contributed by atoms with E-state index in [9.17, 15) is 22.7 Å². The molecule has 1 aliphatic heterocycles. The van der Waals surface area contributed by atoms with Crippen LogP contribution >= 0.6 is 0 Å². The van der Waals surface area contributed by atoms with E-state index in [-0.39, 0.29) is 29.8 Å². The second-order valence-electron chi connectivity index (χ2n) is 12.4. The zero-order chi connectivity index (χ0) is 29.3. The van der Waals surface area contributed by atoms with Gasteiger partial charge < -0.3 is 15.6 Å². The molecule has 3 N–H and O–H groups in total. The first kappa shape index (κ1) is 30.6. The number of benzene rings is 2. The Kier molecular flexibility index (Phi) is 8.87. The predicted molar refractivity (Wildman–Crippen MR) is 153 cm³/mol. The normalized spacial score (nSPS) is 21.3. The SMILES string of the molecule is C=Cc1cc(CC2CS(=O)(=O)CC(N(Cc3cccc(C(C)(C)C)c3)C(=O)OC(C)(C)C)C2O)cc(F)c1N. The number of nitrogen functional groups attached to an aromatic ring is 1. The van der Waals surface area contributed by atoms with Crippen LogP contribution in [0.4, 0.5) is 14.9 Å². The van der Waals surface area contributed by atoms with Crippen molar-refractivity contribution >= 4 is 27.7 Å². The van der Waals surface area contributed by atoms with E-state index in [1.165, 1.54) is 17.0 Å². The van der Waals surface area contributed by atoms with Crippen molar-refractivity contribution in [2.45, 2.75) is 77.7 Å². The first-order valence-corrected chi connectivity index (χ1v) is 14.9. The Hall–Kier alpha value is -2.91. The van der Waals surface area contributed by atoms with Gasteiger partial charge in [-0.2, -0.15) is 0 Å². The Bertz CT molecular complexity index is 1330. The highest BCUT2D eigenvalue weighted by atomic mass is 32.2. The summed E-state index contributed by atoms with van der Waals surface area (Å²) >= 11 is 0. The van der Waals surface area contributed by atoms with Crippen molar-refractivity contribution in [2.24, 2.45) is 5.92 Å². The van der Waals surface area contributed by atoms with Crippen molar-refractivity contribution in [1.29, 1.82) is 0 Å².